The van der Waals surface area contributed by atoms with Crippen LogP contribution in [0.3, 0.4) is 0 Å². The molecule has 2 rings (SSSR count). The highest BCUT2D eigenvalue weighted by Crippen LogP contribution is 2.27. The summed E-state index contributed by atoms with van der Waals surface area (Å²) in [6.07, 6.45) is 1.06. The molecule has 1 saturated heterocycles. The summed E-state index contributed by atoms with van der Waals surface area (Å²) in [6, 6.07) is 0. The average molecular weight is 300 g/mol. The third-order valence-electron chi connectivity index (χ3n) is 3.36. The number of nitrogens with one attached hydrogen (secondary N) is 1. The molecule has 1 aliphatic rings. The summed E-state index contributed by atoms with van der Waals surface area (Å²) in [5, 5.41) is 13.9. The van der Waals surface area contributed by atoms with E-state index in [-0.39, 0.29) is 18.3 Å². The van der Waals surface area contributed by atoms with Crippen LogP contribution in [0.4, 0.5) is 10.9 Å². The lowest BCUT2D eigenvalue weighted by atomic mass is 9.94. The fourth-order valence-electron chi connectivity index (χ4n) is 2.19. The van der Waals surface area contributed by atoms with E-state index in [1.165, 1.54) is 16.2 Å². The fraction of sp³-hybridized carbons (Fsp3) is 0.667. The number of ether oxygens (including phenoxy) is 1. The van der Waals surface area contributed by atoms with E-state index >= 15 is 0 Å². The zero-order chi connectivity index (χ0) is 14.8. The maximum absolute atomic E-state index is 12.4. The number of anilines is 2. The van der Waals surface area contributed by atoms with Crippen molar-refractivity contribution in [1.29, 1.82) is 0 Å². The largest absolute Gasteiger partial charge is 0.388 e. The van der Waals surface area contributed by atoms with Gasteiger partial charge < -0.3 is 25.8 Å². The van der Waals surface area contributed by atoms with Crippen molar-refractivity contribution in [3.05, 3.63) is 4.88 Å². The normalized spacial score (nSPS) is 17.8. The molecule has 1 aromatic heterocycles. The Kier molecular flexibility index (Phi) is 4.46. The smallest absolute Gasteiger partial charge is 0.267 e. The maximum Gasteiger partial charge on any atom is 0.267 e. The molecule has 112 valence electrons. The number of hydrogen-bond donors (Lipinski definition) is 3. The van der Waals surface area contributed by atoms with Gasteiger partial charge in [-0.05, 0) is 0 Å². The van der Waals surface area contributed by atoms with Crippen LogP contribution in [0.5, 0.6) is 0 Å². The van der Waals surface area contributed by atoms with Crippen molar-refractivity contribution in [2.24, 2.45) is 0 Å². The zero-order valence-electron chi connectivity index (χ0n) is 11.7. The van der Waals surface area contributed by atoms with Crippen LogP contribution in [-0.2, 0) is 4.74 Å². The van der Waals surface area contributed by atoms with Crippen molar-refractivity contribution in [2.75, 3.05) is 44.9 Å². The van der Waals surface area contributed by atoms with E-state index in [0.29, 0.717) is 36.1 Å². The number of amides is 1. The van der Waals surface area contributed by atoms with Crippen molar-refractivity contribution in [3.8, 4) is 0 Å². The molecular formula is C12H20N4O3S. The van der Waals surface area contributed by atoms with Crippen LogP contribution in [-0.4, -0.2) is 60.4 Å². The van der Waals surface area contributed by atoms with Crippen LogP contribution in [0.2, 0.25) is 0 Å². The average Bonchev–Trinajstić information content (AvgIpc) is 2.79. The first kappa shape index (κ1) is 15.0. The Morgan fingerprint density at radius 2 is 2.25 bits per heavy atom. The second kappa shape index (κ2) is 5.94. The van der Waals surface area contributed by atoms with Gasteiger partial charge in [0.25, 0.3) is 5.91 Å². The molecule has 0 radical (unpaired) electrons. The molecule has 0 aromatic carbocycles. The molecule has 20 heavy (non-hydrogen) atoms. The number of hydrogen-bond acceptors (Lipinski definition) is 7. The van der Waals surface area contributed by atoms with Gasteiger partial charge >= 0.3 is 0 Å². The first-order chi connectivity index (χ1) is 9.45. The van der Waals surface area contributed by atoms with Gasteiger partial charge in [-0.3, -0.25) is 4.79 Å². The fourth-order valence-corrected chi connectivity index (χ4v) is 3.02. The number of nitrogens with two attached hydrogens (primary N) is 1. The van der Waals surface area contributed by atoms with Crippen LogP contribution < -0.4 is 11.1 Å². The van der Waals surface area contributed by atoms with E-state index in [0.717, 1.165) is 0 Å². The Morgan fingerprint density at radius 1 is 1.60 bits per heavy atom. The molecule has 8 heteroatoms. The van der Waals surface area contributed by atoms with Crippen molar-refractivity contribution in [3.63, 3.8) is 0 Å². The summed E-state index contributed by atoms with van der Waals surface area (Å²) in [7, 11) is 3.38. The quantitative estimate of drug-likeness (QED) is 0.743. The Labute approximate surface area is 121 Å². The van der Waals surface area contributed by atoms with E-state index in [2.05, 4.69) is 10.3 Å². The summed E-state index contributed by atoms with van der Waals surface area (Å²) < 4.78 is 5.23. The number of aliphatic hydroxyl groups is 1. The van der Waals surface area contributed by atoms with E-state index in [1.807, 2.05) is 0 Å². The highest BCUT2D eigenvalue weighted by atomic mass is 32.1. The summed E-state index contributed by atoms with van der Waals surface area (Å²) in [5.74, 6) is -0.00316. The Hall–Kier alpha value is -1.38. The molecule has 0 bridgehead atoms. The molecular weight excluding hydrogens is 280 g/mol. The molecule has 2 heterocycles. The van der Waals surface area contributed by atoms with E-state index < -0.39 is 5.60 Å². The summed E-state index contributed by atoms with van der Waals surface area (Å²) >= 11 is 1.21. The van der Waals surface area contributed by atoms with Gasteiger partial charge in [-0.25, -0.2) is 4.98 Å². The highest BCUT2D eigenvalue weighted by molar-refractivity contribution is 7.18. The number of thiazole rings is 1. The number of likely N-dealkylation sites (N-methyl/N-ethyl adjacent to an activating group) is 1. The van der Waals surface area contributed by atoms with E-state index in [4.69, 9.17) is 10.5 Å². The van der Waals surface area contributed by atoms with Crippen molar-refractivity contribution < 1.29 is 14.6 Å². The first-order valence-electron chi connectivity index (χ1n) is 6.45. The molecule has 4 N–H and O–H groups in total. The van der Waals surface area contributed by atoms with Gasteiger partial charge in [0.1, 0.15) is 10.7 Å². The predicted octanol–water partition coefficient (Wildman–Crippen LogP) is 0.380. The first-order valence-corrected chi connectivity index (χ1v) is 7.26. The molecule has 1 aromatic rings. The van der Waals surface area contributed by atoms with Crippen LogP contribution >= 0.6 is 11.3 Å². The van der Waals surface area contributed by atoms with Gasteiger partial charge in [0.05, 0.1) is 5.60 Å². The zero-order valence-corrected chi connectivity index (χ0v) is 12.5. The van der Waals surface area contributed by atoms with E-state index in [9.17, 15) is 9.90 Å². The molecule has 0 unspecified atom stereocenters. The SMILES string of the molecule is CNc1nc(N)c(C(=O)N(C)CC2(O)CCOCC2)s1. The Balaban J connectivity index is 2.06. The van der Waals surface area contributed by atoms with Crippen molar-refractivity contribution in [1.82, 2.24) is 9.88 Å². The molecule has 1 fully saturated rings. The minimum absolute atomic E-state index is 0.218. The van der Waals surface area contributed by atoms with Gasteiger partial charge in [0, 0.05) is 46.7 Å². The minimum atomic E-state index is -0.881. The van der Waals surface area contributed by atoms with Gasteiger partial charge in [0.2, 0.25) is 0 Å². The van der Waals surface area contributed by atoms with Gasteiger partial charge in [-0.15, -0.1) is 0 Å². The lowest BCUT2D eigenvalue weighted by molar-refractivity contribution is -0.0733. The number of aromatic nitrogens is 1. The lowest BCUT2D eigenvalue weighted by Crippen LogP contribution is -2.47. The van der Waals surface area contributed by atoms with Crippen molar-refractivity contribution in [2.45, 2.75) is 18.4 Å². The third-order valence-corrected chi connectivity index (χ3v) is 4.44. The molecule has 1 aliphatic heterocycles. The van der Waals surface area contributed by atoms with Gasteiger partial charge in [-0.1, -0.05) is 11.3 Å². The standard InChI is InChI=1S/C12H20N4O3S/c1-14-11-15-9(13)8(20-11)10(17)16(2)7-12(18)3-5-19-6-4-12/h18H,3-7,13H2,1-2H3,(H,14,15). The highest BCUT2D eigenvalue weighted by Gasteiger charge is 2.33. The van der Waals surface area contributed by atoms with Crippen LogP contribution in [0.1, 0.15) is 22.5 Å². The molecule has 1 amide bonds. The Bertz CT molecular complexity index is 485. The third kappa shape index (κ3) is 3.20. The number of carbonyl (C=O) groups is 1. The molecule has 0 spiro atoms. The lowest BCUT2D eigenvalue weighted by Gasteiger charge is -2.35. The van der Waals surface area contributed by atoms with Crippen molar-refractivity contribution >= 4 is 28.2 Å². The minimum Gasteiger partial charge on any atom is -0.388 e. The number of rotatable bonds is 4. The Morgan fingerprint density at radius 3 is 2.80 bits per heavy atom. The van der Waals surface area contributed by atoms with E-state index in [1.54, 1.807) is 14.1 Å². The second-order valence-corrected chi connectivity index (χ2v) is 5.98. The monoisotopic (exact) mass is 300 g/mol. The number of carbonyl (C=O) groups excluding carboxylic acids is 1. The topological polar surface area (TPSA) is 101 Å². The maximum atomic E-state index is 12.4. The van der Waals surface area contributed by atoms with Crippen LogP contribution in [0.15, 0.2) is 0 Å². The molecule has 0 saturated carbocycles. The van der Waals surface area contributed by atoms with Crippen LogP contribution in [0, 0.1) is 0 Å². The summed E-state index contributed by atoms with van der Waals surface area (Å²) in [5.41, 5.74) is 4.87. The number of nitrogen functional groups attached to an aromatic ring is 1. The second-order valence-electron chi connectivity index (χ2n) is 4.98. The van der Waals surface area contributed by atoms with Crippen LogP contribution in [0.25, 0.3) is 0 Å². The molecule has 0 atom stereocenters. The van der Waals surface area contributed by atoms with Gasteiger partial charge in [0.15, 0.2) is 5.13 Å². The van der Waals surface area contributed by atoms with Gasteiger partial charge in [-0.2, -0.15) is 0 Å². The molecule has 0 aliphatic carbocycles. The summed E-state index contributed by atoms with van der Waals surface area (Å²) in [6.45, 7) is 1.30. The predicted molar refractivity (Wildman–Crippen MR) is 78.0 cm³/mol. The summed E-state index contributed by atoms with van der Waals surface area (Å²) in [4.78, 5) is 18.3. The molecule has 7 nitrogen and oxygen atoms in total. The number of nitrogens with zero attached hydrogens (tertiary/aromatic N) is 2.